The molecule has 0 aliphatic rings. The van der Waals surface area contributed by atoms with Gasteiger partial charge >= 0.3 is 5.69 Å². The molecule has 16 heavy (non-hydrogen) atoms. The molecule has 1 aromatic heterocycles. The maximum absolute atomic E-state index is 11.1. The van der Waals surface area contributed by atoms with E-state index in [2.05, 4.69) is 5.10 Å². The number of Topliss-reactive ketones (excluding diaryl/α,β-unsaturated/α-hetero) is 1. The van der Waals surface area contributed by atoms with E-state index in [1.54, 1.807) is 11.6 Å². The van der Waals surface area contributed by atoms with Crippen LogP contribution >= 0.6 is 0 Å². The number of hydrogen-bond donors (Lipinski definition) is 0. The van der Waals surface area contributed by atoms with Gasteiger partial charge in [-0.15, -0.1) is 0 Å². The van der Waals surface area contributed by atoms with Crippen LogP contribution in [0.1, 0.15) is 31.7 Å². The van der Waals surface area contributed by atoms with E-state index in [1.165, 1.54) is 6.92 Å². The molecule has 6 heteroatoms. The molecule has 0 saturated carbocycles. The summed E-state index contributed by atoms with van der Waals surface area (Å²) in [4.78, 5) is 21.5. The molecule has 1 rings (SSSR count). The lowest BCUT2D eigenvalue weighted by molar-refractivity contribution is -0.386. The lowest BCUT2D eigenvalue weighted by Gasteiger charge is -2.02. The Hall–Kier alpha value is -1.72. The molecule has 0 aliphatic heterocycles. The van der Waals surface area contributed by atoms with E-state index in [9.17, 15) is 14.9 Å². The summed E-state index contributed by atoms with van der Waals surface area (Å²) in [6, 6.07) is 0. The molecule has 1 heterocycles. The van der Waals surface area contributed by atoms with Gasteiger partial charge in [0.2, 0.25) is 0 Å². The van der Waals surface area contributed by atoms with Gasteiger partial charge in [-0.3, -0.25) is 19.6 Å². The van der Waals surface area contributed by atoms with E-state index in [4.69, 9.17) is 0 Å². The SMILES string of the molecule is CCCn1nc(C)c([N+](=O)[O-])c1CC(C)=O. The molecule has 0 aromatic carbocycles. The molecule has 0 fully saturated rings. The van der Waals surface area contributed by atoms with Crippen LogP contribution in [-0.2, 0) is 17.8 Å². The lowest BCUT2D eigenvalue weighted by Crippen LogP contribution is -2.09. The molecule has 0 spiro atoms. The highest BCUT2D eigenvalue weighted by atomic mass is 16.6. The Kier molecular flexibility index (Phi) is 3.76. The molecule has 0 unspecified atom stereocenters. The van der Waals surface area contributed by atoms with Gasteiger partial charge < -0.3 is 0 Å². The van der Waals surface area contributed by atoms with Crippen LogP contribution in [0.25, 0.3) is 0 Å². The molecule has 1 aromatic rings. The van der Waals surface area contributed by atoms with Crippen molar-refractivity contribution in [2.24, 2.45) is 0 Å². The first-order valence-electron chi connectivity index (χ1n) is 5.17. The van der Waals surface area contributed by atoms with Gasteiger partial charge in [-0.25, -0.2) is 0 Å². The molecule has 88 valence electrons. The average Bonchev–Trinajstić information content (AvgIpc) is 2.42. The standard InChI is InChI=1S/C10H15N3O3/c1-4-5-12-9(6-7(2)14)10(13(15)16)8(3)11-12/h4-6H2,1-3H3. The Bertz CT molecular complexity index is 423. The zero-order chi connectivity index (χ0) is 12.3. The summed E-state index contributed by atoms with van der Waals surface area (Å²) in [6.45, 7) is 5.56. The van der Waals surface area contributed by atoms with E-state index in [0.717, 1.165) is 6.42 Å². The first-order chi connectivity index (χ1) is 7.47. The predicted octanol–water partition coefficient (Wildman–Crippen LogP) is 1.64. The number of carbonyl (C=O) groups is 1. The van der Waals surface area contributed by atoms with Crippen LogP contribution in [0, 0.1) is 17.0 Å². The summed E-state index contributed by atoms with van der Waals surface area (Å²) in [5.74, 6) is -0.0969. The summed E-state index contributed by atoms with van der Waals surface area (Å²) < 4.78 is 1.56. The Morgan fingerprint density at radius 3 is 2.62 bits per heavy atom. The van der Waals surface area contributed by atoms with Crippen molar-refractivity contribution in [3.05, 3.63) is 21.5 Å². The minimum absolute atomic E-state index is 0.0244. The van der Waals surface area contributed by atoms with Crippen molar-refractivity contribution >= 4 is 11.5 Å². The molecule has 0 aliphatic carbocycles. The van der Waals surface area contributed by atoms with Gasteiger partial charge in [0.15, 0.2) is 0 Å². The van der Waals surface area contributed by atoms with Gasteiger partial charge in [0.25, 0.3) is 0 Å². The van der Waals surface area contributed by atoms with Crippen LogP contribution in [0.4, 0.5) is 5.69 Å². The molecular weight excluding hydrogens is 210 g/mol. The van der Waals surface area contributed by atoms with Gasteiger partial charge in [0.05, 0.1) is 11.3 Å². The summed E-state index contributed by atoms with van der Waals surface area (Å²) in [5, 5.41) is 15.0. The number of hydrogen-bond acceptors (Lipinski definition) is 4. The Labute approximate surface area is 93.4 Å². The van der Waals surface area contributed by atoms with E-state index in [0.29, 0.717) is 17.9 Å². The van der Waals surface area contributed by atoms with Gasteiger partial charge in [0.1, 0.15) is 17.2 Å². The first-order valence-corrected chi connectivity index (χ1v) is 5.17. The molecular formula is C10H15N3O3. The van der Waals surface area contributed by atoms with Crippen LogP contribution in [0.15, 0.2) is 0 Å². The zero-order valence-corrected chi connectivity index (χ0v) is 9.69. The van der Waals surface area contributed by atoms with E-state index in [1.807, 2.05) is 6.92 Å². The molecule has 0 N–H and O–H groups in total. The largest absolute Gasteiger partial charge is 0.313 e. The van der Waals surface area contributed by atoms with Crippen LogP contribution in [0.5, 0.6) is 0 Å². The second-order valence-electron chi connectivity index (χ2n) is 3.74. The number of nitro groups is 1. The van der Waals surface area contributed by atoms with Crippen molar-refractivity contribution in [2.75, 3.05) is 0 Å². The van der Waals surface area contributed by atoms with Gasteiger partial charge in [-0.05, 0) is 20.3 Å². The number of rotatable bonds is 5. The van der Waals surface area contributed by atoms with Crippen LogP contribution in [-0.4, -0.2) is 20.5 Å². The highest BCUT2D eigenvalue weighted by Crippen LogP contribution is 2.23. The number of aromatic nitrogens is 2. The fourth-order valence-corrected chi connectivity index (χ4v) is 1.66. The van der Waals surface area contributed by atoms with Crippen molar-refractivity contribution in [1.29, 1.82) is 0 Å². The maximum atomic E-state index is 11.1. The molecule has 0 saturated heterocycles. The third-order valence-electron chi connectivity index (χ3n) is 2.23. The third kappa shape index (κ3) is 2.44. The van der Waals surface area contributed by atoms with Crippen LogP contribution < -0.4 is 0 Å². The number of ketones is 1. The number of carbonyl (C=O) groups excluding carboxylic acids is 1. The molecule has 0 atom stereocenters. The van der Waals surface area contributed by atoms with Gasteiger partial charge in [-0.2, -0.15) is 5.10 Å². The predicted molar refractivity (Wildman–Crippen MR) is 58.3 cm³/mol. The smallest absolute Gasteiger partial charge is 0.300 e. The highest BCUT2D eigenvalue weighted by Gasteiger charge is 2.25. The van der Waals surface area contributed by atoms with Crippen molar-refractivity contribution in [3.63, 3.8) is 0 Å². The molecule has 0 radical (unpaired) electrons. The number of nitrogens with zero attached hydrogens (tertiary/aromatic N) is 3. The molecule has 0 bridgehead atoms. The normalized spacial score (nSPS) is 10.4. The van der Waals surface area contributed by atoms with E-state index < -0.39 is 4.92 Å². The maximum Gasteiger partial charge on any atom is 0.313 e. The summed E-state index contributed by atoms with van der Waals surface area (Å²) in [7, 11) is 0. The highest BCUT2D eigenvalue weighted by molar-refractivity contribution is 5.79. The van der Waals surface area contributed by atoms with Crippen molar-refractivity contribution < 1.29 is 9.72 Å². The minimum atomic E-state index is -0.466. The summed E-state index contributed by atoms with van der Waals surface area (Å²) >= 11 is 0. The van der Waals surface area contributed by atoms with E-state index in [-0.39, 0.29) is 17.9 Å². The zero-order valence-electron chi connectivity index (χ0n) is 9.69. The summed E-state index contributed by atoms with van der Waals surface area (Å²) in [5.41, 5.74) is 0.759. The van der Waals surface area contributed by atoms with E-state index >= 15 is 0 Å². The topological polar surface area (TPSA) is 78.0 Å². The minimum Gasteiger partial charge on any atom is -0.300 e. The fraction of sp³-hybridized carbons (Fsp3) is 0.600. The first kappa shape index (κ1) is 12.4. The quantitative estimate of drug-likeness (QED) is 0.563. The monoisotopic (exact) mass is 225 g/mol. The Morgan fingerprint density at radius 1 is 1.56 bits per heavy atom. The lowest BCUT2D eigenvalue weighted by atomic mass is 10.2. The van der Waals surface area contributed by atoms with Gasteiger partial charge in [-0.1, -0.05) is 6.92 Å². The Balaban J connectivity index is 3.24. The van der Waals surface area contributed by atoms with Gasteiger partial charge in [0, 0.05) is 6.54 Å². The van der Waals surface area contributed by atoms with Crippen molar-refractivity contribution in [2.45, 2.75) is 40.2 Å². The average molecular weight is 225 g/mol. The van der Waals surface area contributed by atoms with Crippen LogP contribution in [0.2, 0.25) is 0 Å². The van der Waals surface area contributed by atoms with Crippen LogP contribution in [0.3, 0.4) is 0 Å². The fourth-order valence-electron chi connectivity index (χ4n) is 1.66. The third-order valence-corrected chi connectivity index (χ3v) is 2.23. The number of aryl methyl sites for hydroxylation is 2. The molecule has 6 nitrogen and oxygen atoms in total. The molecule has 0 amide bonds. The van der Waals surface area contributed by atoms with Crippen molar-refractivity contribution in [1.82, 2.24) is 9.78 Å². The van der Waals surface area contributed by atoms with Crippen molar-refractivity contribution in [3.8, 4) is 0 Å². The Morgan fingerprint density at radius 2 is 2.19 bits per heavy atom. The second kappa shape index (κ2) is 4.87. The second-order valence-corrected chi connectivity index (χ2v) is 3.74. The summed E-state index contributed by atoms with van der Waals surface area (Å²) in [6.07, 6.45) is 0.889.